The van der Waals surface area contributed by atoms with Crippen molar-refractivity contribution in [1.82, 2.24) is 15.1 Å². The van der Waals surface area contributed by atoms with E-state index in [-0.39, 0.29) is 6.10 Å². The van der Waals surface area contributed by atoms with Crippen molar-refractivity contribution in [3.63, 3.8) is 0 Å². The maximum atomic E-state index is 6.19. The van der Waals surface area contributed by atoms with Crippen LogP contribution >= 0.6 is 11.6 Å². The normalized spacial score (nSPS) is 22.3. The summed E-state index contributed by atoms with van der Waals surface area (Å²) in [7, 11) is 0. The Labute approximate surface area is 173 Å². The maximum Gasteiger partial charge on any atom is 0.194 e. The molecule has 0 amide bonds. The fourth-order valence-electron chi connectivity index (χ4n) is 3.76. The van der Waals surface area contributed by atoms with Crippen LogP contribution in [0.1, 0.15) is 20.3 Å². The third-order valence-electron chi connectivity index (χ3n) is 5.20. The number of aliphatic imine (C=N–C) groups is 1. The smallest absolute Gasteiger partial charge is 0.194 e. The van der Waals surface area contributed by atoms with E-state index < -0.39 is 0 Å². The average molecular weight is 409 g/mol. The Balaban J connectivity index is 1.51. The zero-order valence-corrected chi connectivity index (χ0v) is 17.8. The van der Waals surface area contributed by atoms with E-state index in [1.54, 1.807) is 0 Å². The van der Waals surface area contributed by atoms with Gasteiger partial charge in [0.1, 0.15) is 11.9 Å². The molecule has 2 heterocycles. The first-order valence-corrected chi connectivity index (χ1v) is 10.8. The first-order valence-electron chi connectivity index (χ1n) is 10.4. The van der Waals surface area contributed by atoms with Crippen LogP contribution in [-0.4, -0.2) is 80.9 Å². The third kappa shape index (κ3) is 6.26. The second-order valence-electron chi connectivity index (χ2n) is 7.57. The van der Waals surface area contributed by atoms with Gasteiger partial charge in [-0.1, -0.05) is 23.7 Å². The molecule has 0 saturated carbocycles. The minimum absolute atomic E-state index is 0.0414. The summed E-state index contributed by atoms with van der Waals surface area (Å²) < 4.78 is 11.4. The highest BCUT2D eigenvalue weighted by Crippen LogP contribution is 2.24. The van der Waals surface area contributed by atoms with E-state index in [2.05, 4.69) is 22.0 Å². The molecule has 2 aliphatic heterocycles. The van der Waals surface area contributed by atoms with E-state index in [1.807, 2.05) is 31.2 Å². The molecule has 0 spiro atoms. The fraction of sp³-hybridized carbons (Fsp3) is 0.667. The summed E-state index contributed by atoms with van der Waals surface area (Å²) >= 11 is 6.19. The summed E-state index contributed by atoms with van der Waals surface area (Å²) in [4.78, 5) is 9.75. The molecule has 1 aromatic carbocycles. The van der Waals surface area contributed by atoms with Crippen molar-refractivity contribution in [3.8, 4) is 5.75 Å². The van der Waals surface area contributed by atoms with Gasteiger partial charge in [0.2, 0.25) is 0 Å². The number of hydrogen-bond acceptors (Lipinski definition) is 4. The largest absolute Gasteiger partial charge is 0.487 e. The van der Waals surface area contributed by atoms with Crippen molar-refractivity contribution in [2.45, 2.75) is 26.4 Å². The van der Waals surface area contributed by atoms with Crippen LogP contribution in [0.25, 0.3) is 0 Å². The Kier molecular flexibility index (Phi) is 8.25. The minimum atomic E-state index is -0.0414. The molecule has 1 N–H and O–H groups in total. The lowest BCUT2D eigenvalue weighted by molar-refractivity contribution is 0.0315. The summed E-state index contributed by atoms with van der Waals surface area (Å²) in [6.45, 7) is 12.7. The Bertz CT molecular complexity index is 637. The fourth-order valence-corrected chi connectivity index (χ4v) is 3.94. The van der Waals surface area contributed by atoms with E-state index in [1.165, 1.54) is 6.42 Å². The molecule has 0 bridgehead atoms. The van der Waals surface area contributed by atoms with Gasteiger partial charge in [-0.2, -0.15) is 0 Å². The van der Waals surface area contributed by atoms with Gasteiger partial charge in [-0.05, 0) is 38.3 Å². The Hall–Kier alpha value is -1.50. The number of halogens is 1. The van der Waals surface area contributed by atoms with Gasteiger partial charge in [0.15, 0.2) is 5.96 Å². The number of benzene rings is 1. The van der Waals surface area contributed by atoms with E-state index >= 15 is 0 Å². The number of nitrogens with zero attached hydrogens (tertiary/aromatic N) is 3. The molecular weight excluding hydrogens is 376 g/mol. The van der Waals surface area contributed by atoms with Crippen molar-refractivity contribution in [3.05, 3.63) is 29.3 Å². The molecule has 0 radical (unpaired) electrons. The molecule has 3 rings (SSSR count). The predicted molar refractivity (Wildman–Crippen MR) is 114 cm³/mol. The van der Waals surface area contributed by atoms with E-state index in [0.717, 1.165) is 58.4 Å². The van der Waals surface area contributed by atoms with Crippen molar-refractivity contribution >= 4 is 17.6 Å². The maximum absolute atomic E-state index is 6.19. The lowest BCUT2D eigenvalue weighted by atomic mass is 10.1. The number of para-hydroxylation sites is 1. The molecular formula is C21H33ClN4O2. The lowest BCUT2D eigenvalue weighted by Crippen LogP contribution is -2.42. The minimum Gasteiger partial charge on any atom is -0.487 e. The first kappa shape index (κ1) is 21.2. The number of rotatable bonds is 7. The highest BCUT2D eigenvalue weighted by atomic mass is 35.5. The molecule has 2 saturated heterocycles. The van der Waals surface area contributed by atoms with E-state index in [9.17, 15) is 0 Å². The van der Waals surface area contributed by atoms with Gasteiger partial charge in [0.25, 0.3) is 0 Å². The summed E-state index contributed by atoms with van der Waals surface area (Å²) in [5.74, 6) is 2.39. The van der Waals surface area contributed by atoms with Crippen molar-refractivity contribution < 1.29 is 9.47 Å². The summed E-state index contributed by atoms with van der Waals surface area (Å²) in [5, 5.41) is 4.07. The molecule has 28 heavy (non-hydrogen) atoms. The Morgan fingerprint density at radius 2 is 2.11 bits per heavy atom. The molecule has 0 aromatic heterocycles. The number of hydrogen-bond donors (Lipinski definition) is 1. The highest BCUT2D eigenvalue weighted by Gasteiger charge is 2.27. The van der Waals surface area contributed by atoms with Gasteiger partial charge in [-0.25, -0.2) is 4.99 Å². The molecule has 6 nitrogen and oxygen atoms in total. The van der Waals surface area contributed by atoms with E-state index in [0.29, 0.717) is 23.2 Å². The van der Waals surface area contributed by atoms with Crippen LogP contribution in [0.15, 0.2) is 29.3 Å². The standard InChI is InChI=1S/C21H33ClN4O2/c1-3-23-21(24-14-17(2)28-20-7-5-4-6-19(20)22)26-9-8-18(16-26)15-25-10-12-27-13-11-25/h4-7,17-18H,3,8-16H2,1-2H3,(H,23,24). The molecule has 2 atom stereocenters. The van der Waals surface area contributed by atoms with Crippen molar-refractivity contribution in [2.75, 3.05) is 59.0 Å². The molecule has 0 aliphatic carbocycles. The third-order valence-corrected chi connectivity index (χ3v) is 5.52. The zero-order chi connectivity index (χ0) is 19.8. The molecule has 1 aromatic rings. The van der Waals surface area contributed by atoms with Crippen LogP contribution in [-0.2, 0) is 4.74 Å². The molecule has 7 heteroatoms. The Morgan fingerprint density at radius 1 is 1.32 bits per heavy atom. The number of likely N-dealkylation sites (tertiary alicyclic amines) is 1. The first-order chi connectivity index (χ1) is 13.7. The summed E-state index contributed by atoms with van der Waals surface area (Å²) in [6.07, 6.45) is 1.17. The van der Waals surface area contributed by atoms with Gasteiger partial charge in [-0.3, -0.25) is 4.90 Å². The van der Waals surface area contributed by atoms with Gasteiger partial charge in [0.05, 0.1) is 24.8 Å². The van der Waals surface area contributed by atoms with Gasteiger partial charge < -0.3 is 19.7 Å². The van der Waals surface area contributed by atoms with Crippen molar-refractivity contribution in [2.24, 2.45) is 10.9 Å². The average Bonchev–Trinajstić information content (AvgIpc) is 3.16. The zero-order valence-electron chi connectivity index (χ0n) is 17.1. The topological polar surface area (TPSA) is 49.3 Å². The summed E-state index contributed by atoms with van der Waals surface area (Å²) in [6, 6.07) is 7.57. The van der Waals surface area contributed by atoms with Crippen LogP contribution in [0.2, 0.25) is 5.02 Å². The van der Waals surface area contributed by atoms with Crippen LogP contribution in [0.3, 0.4) is 0 Å². The molecule has 156 valence electrons. The predicted octanol–water partition coefficient (Wildman–Crippen LogP) is 2.73. The number of nitrogens with one attached hydrogen (secondary N) is 1. The molecule has 2 unspecified atom stereocenters. The number of morpholine rings is 1. The quantitative estimate of drug-likeness (QED) is 0.555. The lowest BCUT2D eigenvalue weighted by Gasteiger charge is -2.29. The van der Waals surface area contributed by atoms with Gasteiger partial charge in [0, 0.05) is 39.3 Å². The van der Waals surface area contributed by atoms with Gasteiger partial charge >= 0.3 is 0 Å². The SMILES string of the molecule is CCNC(=NCC(C)Oc1ccccc1Cl)N1CCC(CN2CCOCC2)C1. The Morgan fingerprint density at radius 3 is 2.86 bits per heavy atom. The van der Waals surface area contributed by atoms with Crippen LogP contribution in [0.5, 0.6) is 5.75 Å². The molecule has 2 aliphatic rings. The van der Waals surface area contributed by atoms with E-state index in [4.69, 9.17) is 26.1 Å². The number of ether oxygens (including phenoxy) is 2. The van der Waals surface area contributed by atoms with Crippen molar-refractivity contribution in [1.29, 1.82) is 0 Å². The second kappa shape index (κ2) is 10.9. The second-order valence-corrected chi connectivity index (χ2v) is 7.97. The number of guanidine groups is 1. The van der Waals surface area contributed by atoms with Crippen LogP contribution < -0.4 is 10.1 Å². The van der Waals surface area contributed by atoms with Crippen LogP contribution in [0.4, 0.5) is 0 Å². The molecule has 2 fully saturated rings. The summed E-state index contributed by atoms with van der Waals surface area (Å²) in [5.41, 5.74) is 0. The monoisotopic (exact) mass is 408 g/mol. The van der Waals surface area contributed by atoms with Crippen LogP contribution in [0, 0.1) is 5.92 Å². The van der Waals surface area contributed by atoms with Gasteiger partial charge in [-0.15, -0.1) is 0 Å². The highest BCUT2D eigenvalue weighted by molar-refractivity contribution is 6.32.